The molecule has 1 saturated heterocycles. The third-order valence-electron chi connectivity index (χ3n) is 2.24. The maximum Gasteiger partial charge on any atom is 0.0813 e. The number of aryl methyl sites for hydroxylation is 1. The van der Waals surface area contributed by atoms with Gasteiger partial charge in [0.15, 0.2) is 0 Å². The molecule has 0 radical (unpaired) electrons. The highest BCUT2D eigenvalue weighted by molar-refractivity contribution is 6.30. The van der Waals surface area contributed by atoms with E-state index in [-0.39, 0.29) is 0 Å². The van der Waals surface area contributed by atoms with Crippen LogP contribution in [0.15, 0.2) is 18.2 Å². The van der Waals surface area contributed by atoms with Gasteiger partial charge in [0.25, 0.3) is 0 Å². The lowest BCUT2D eigenvalue weighted by molar-refractivity contribution is 0.397. The second-order valence-electron chi connectivity index (χ2n) is 3.34. The molecule has 2 nitrogen and oxygen atoms in total. The number of ether oxygens (including phenoxy) is 1. The van der Waals surface area contributed by atoms with E-state index in [1.54, 1.807) is 0 Å². The van der Waals surface area contributed by atoms with Crippen LogP contribution in [0.4, 0.5) is 5.69 Å². The molecule has 1 aromatic carbocycles. The number of hydrogen-bond donors (Lipinski definition) is 1. The van der Waals surface area contributed by atoms with E-state index in [0.29, 0.717) is 6.10 Å². The van der Waals surface area contributed by atoms with Crippen molar-refractivity contribution < 1.29 is 4.74 Å². The Bertz CT molecular complexity index is 310. The zero-order valence-electron chi connectivity index (χ0n) is 7.29. The Morgan fingerprint density at radius 3 is 3.00 bits per heavy atom. The summed E-state index contributed by atoms with van der Waals surface area (Å²) < 4.78 is 5.13. The first-order valence-electron chi connectivity index (χ1n) is 4.41. The number of nitrogens with two attached hydrogens (primary N) is 1. The Kier molecular flexibility index (Phi) is 2.42. The Hall–Kier alpha value is -0.730. The van der Waals surface area contributed by atoms with Crippen molar-refractivity contribution in [2.75, 3.05) is 12.3 Å². The van der Waals surface area contributed by atoms with E-state index in [2.05, 4.69) is 0 Å². The first-order valence-corrected chi connectivity index (χ1v) is 4.79. The number of rotatable bonds is 3. The number of halogens is 1. The molecule has 2 rings (SSSR count). The van der Waals surface area contributed by atoms with Gasteiger partial charge in [-0.2, -0.15) is 0 Å². The van der Waals surface area contributed by atoms with E-state index in [1.807, 2.05) is 18.2 Å². The quantitative estimate of drug-likeness (QED) is 0.596. The molecule has 1 aliphatic heterocycles. The van der Waals surface area contributed by atoms with Crippen LogP contribution < -0.4 is 5.73 Å². The van der Waals surface area contributed by atoms with Gasteiger partial charge in [-0.1, -0.05) is 11.6 Å². The standard InChI is InChI=1S/C10H12ClNO/c11-8-2-4-10(12)7(5-8)1-3-9-6-13-9/h2,4-5,9H,1,3,6,12H2. The molecule has 70 valence electrons. The van der Waals surface area contributed by atoms with Crippen molar-refractivity contribution in [3.63, 3.8) is 0 Å². The van der Waals surface area contributed by atoms with Crippen molar-refractivity contribution in [3.05, 3.63) is 28.8 Å². The minimum absolute atomic E-state index is 0.457. The van der Waals surface area contributed by atoms with E-state index < -0.39 is 0 Å². The molecule has 0 bridgehead atoms. The Balaban J connectivity index is 2.03. The maximum atomic E-state index is 5.86. The Morgan fingerprint density at radius 2 is 2.31 bits per heavy atom. The zero-order chi connectivity index (χ0) is 9.26. The summed E-state index contributed by atoms with van der Waals surface area (Å²) in [6, 6.07) is 5.60. The van der Waals surface area contributed by atoms with Crippen molar-refractivity contribution >= 4 is 17.3 Å². The van der Waals surface area contributed by atoms with Gasteiger partial charge in [0, 0.05) is 10.7 Å². The fraction of sp³-hybridized carbons (Fsp3) is 0.400. The fourth-order valence-electron chi connectivity index (χ4n) is 1.34. The number of nitrogen functional groups attached to an aromatic ring is 1. The third kappa shape index (κ3) is 2.36. The van der Waals surface area contributed by atoms with Gasteiger partial charge in [-0.25, -0.2) is 0 Å². The highest BCUT2D eigenvalue weighted by Crippen LogP contribution is 2.22. The highest BCUT2D eigenvalue weighted by Gasteiger charge is 2.21. The molecular formula is C10H12ClNO. The minimum Gasteiger partial charge on any atom is -0.399 e. The average Bonchev–Trinajstić information content (AvgIpc) is 2.90. The van der Waals surface area contributed by atoms with Gasteiger partial charge < -0.3 is 10.5 Å². The van der Waals surface area contributed by atoms with Crippen LogP contribution in [0.2, 0.25) is 5.02 Å². The Morgan fingerprint density at radius 1 is 1.54 bits per heavy atom. The maximum absolute atomic E-state index is 5.86. The summed E-state index contributed by atoms with van der Waals surface area (Å²) in [5, 5.41) is 0.751. The lowest BCUT2D eigenvalue weighted by Gasteiger charge is -2.04. The summed E-state index contributed by atoms with van der Waals surface area (Å²) in [5.41, 5.74) is 7.75. The smallest absolute Gasteiger partial charge is 0.0813 e. The molecule has 0 saturated carbocycles. The van der Waals surface area contributed by atoms with Gasteiger partial charge in [-0.15, -0.1) is 0 Å². The average molecular weight is 198 g/mol. The first kappa shape index (κ1) is 8.85. The fourth-order valence-corrected chi connectivity index (χ4v) is 1.54. The van der Waals surface area contributed by atoms with Gasteiger partial charge in [0.1, 0.15) is 0 Å². The van der Waals surface area contributed by atoms with Crippen LogP contribution in [0.3, 0.4) is 0 Å². The number of epoxide rings is 1. The van der Waals surface area contributed by atoms with Crippen molar-refractivity contribution in [3.8, 4) is 0 Å². The molecule has 0 spiro atoms. The largest absolute Gasteiger partial charge is 0.399 e. The normalized spacial score (nSPS) is 20.2. The summed E-state index contributed by atoms with van der Waals surface area (Å²) in [4.78, 5) is 0. The molecule has 1 unspecified atom stereocenters. The van der Waals surface area contributed by atoms with Crippen molar-refractivity contribution in [1.82, 2.24) is 0 Å². The van der Waals surface area contributed by atoms with Gasteiger partial charge in [0.05, 0.1) is 12.7 Å². The monoisotopic (exact) mass is 197 g/mol. The predicted molar refractivity (Wildman–Crippen MR) is 53.9 cm³/mol. The SMILES string of the molecule is Nc1ccc(Cl)cc1CCC1CO1. The summed E-state index contributed by atoms with van der Waals surface area (Å²) in [6.07, 6.45) is 2.46. The van der Waals surface area contributed by atoms with E-state index in [1.165, 1.54) is 0 Å². The van der Waals surface area contributed by atoms with Crippen LogP contribution in [-0.2, 0) is 11.2 Å². The van der Waals surface area contributed by atoms with E-state index >= 15 is 0 Å². The van der Waals surface area contributed by atoms with E-state index in [9.17, 15) is 0 Å². The summed E-state index contributed by atoms with van der Waals surface area (Å²) >= 11 is 5.86. The topological polar surface area (TPSA) is 38.5 Å². The van der Waals surface area contributed by atoms with Crippen molar-refractivity contribution in [2.24, 2.45) is 0 Å². The lowest BCUT2D eigenvalue weighted by atomic mass is 10.1. The van der Waals surface area contributed by atoms with Crippen LogP contribution >= 0.6 is 11.6 Å². The summed E-state index contributed by atoms with van der Waals surface area (Å²) in [5.74, 6) is 0. The molecule has 1 atom stereocenters. The molecule has 0 aliphatic carbocycles. The molecule has 13 heavy (non-hydrogen) atoms. The Labute approximate surface area is 82.6 Å². The minimum atomic E-state index is 0.457. The highest BCUT2D eigenvalue weighted by atomic mass is 35.5. The van der Waals surface area contributed by atoms with Gasteiger partial charge in [-0.3, -0.25) is 0 Å². The molecule has 0 aromatic heterocycles. The molecule has 1 fully saturated rings. The number of anilines is 1. The predicted octanol–water partition coefficient (Wildman–Crippen LogP) is 2.25. The van der Waals surface area contributed by atoms with E-state index in [0.717, 1.165) is 35.7 Å². The van der Waals surface area contributed by atoms with Crippen LogP contribution in [0.1, 0.15) is 12.0 Å². The van der Waals surface area contributed by atoms with Gasteiger partial charge >= 0.3 is 0 Å². The van der Waals surface area contributed by atoms with E-state index in [4.69, 9.17) is 22.1 Å². The molecule has 2 N–H and O–H groups in total. The summed E-state index contributed by atoms with van der Waals surface area (Å²) in [7, 11) is 0. The van der Waals surface area contributed by atoms with Gasteiger partial charge in [0.2, 0.25) is 0 Å². The molecular weight excluding hydrogens is 186 g/mol. The van der Waals surface area contributed by atoms with Crippen LogP contribution in [0.25, 0.3) is 0 Å². The summed E-state index contributed by atoms with van der Waals surface area (Å²) in [6.45, 7) is 0.903. The number of benzene rings is 1. The van der Waals surface area contributed by atoms with Crippen LogP contribution in [-0.4, -0.2) is 12.7 Å². The molecule has 1 heterocycles. The van der Waals surface area contributed by atoms with Crippen LogP contribution in [0.5, 0.6) is 0 Å². The molecule has 3 heteroatoms. The lowest BCUT2D eigenvalue weighted by Crippen LogP contribution is -1.96. The third-order valence-corrected chi connectivity index (χ3v) is 2.48. The molecule has 1 aliphatic rings. The van der Waals surface area contributed by atoms with Crippen molar-refractivity contribution in [2.45, 2.75) is 18.9 Å². The molecule has 0 amide bonds. The van der Waals surface area contributed by atoms with Crippen LogP contribution in [0, 0.1) is 0 Å². The van der Waals surface area contributed by atoms with Crippen molar-refractivity contribution in [1.29, 1.82) is 0 Å². The molecule has 1 aromatic rings. The zero-order valence-corrected chi connectivity index (χ0v) is 8.05. The second-order valence-corrected chi connectivity index (χ2v) is 3.77. The second kappa shape index (κ2) is 3.56. The first-order chi connectivity index (χ1) is 6.25. The van der Waals surface area contributed by atoms with Gasteiger partial charge in [-0.05, 0) is 36.6 Å². The number of hydrogen-bond acceptors (Lipinski definition) is 2.